The first-order valence-electron chi connectivity index (χ1n) is 5.04. The number of nitrogens with zero attached hydrogens (tertiary/aromatic N) is 2. The van der Waals surface area contributed by atoms with Crippen LogP contribution in [0.4, 0.5) is 0 Å². The number of fused-ring (bicyclic) bond motifs is 1. The Kier molecular flexibility index (Phi) is 4.29. The van der Waals surface area contributed by atoms with E-state index in [1.807, 2.05) is 25.4 Å². The molecule has 0 aliphatic carbocycles. The Labute approximate surface area is 102 Å². The smallest absolute Gasteiger partial charge is 0.136 e. The normalized spacial score (nSPS) is 9.06. The molecule has 2 aromatic rings. The summed E-state index contributed by atoms with van der Waals surface area (Å²) in [5.74, 6) is 3.28. The van der Waals surface area contributed by atoms with Crippen LogP contribution in [0.5, 0.6) is 5.75 Å². The van der Waals surface area contributed by atoms with Gasteiger partial charge in [0, 0.05) is 26.1 Å². The van der Waals surface area contributed by atoms with Crippen LogP contribution in [0.2, 0.25) is 0 Å². The van der Waals surface area contributed by atoms with Crippen molar-refractivity contribution in [1.82, 2.24) is 9.78 Å². The number of aryl methyl sites for hydroxylation is 1. The minimum atomic E-state index is 0. The van der Waals surface area contributed by atoms with E-state index in [0.717, 1.165) is 22.8 Å². The number of carbonyl (C=O) groups is 1. The molecule has 0 bridgehead atoms. The molecule has 1 aromatic carbocycles. The molecule has 0 atom stereocenters. The van der Waals surface area contributed by atoms with Gasteiger partial charge in [-0.3, -0.25) is 4.68 Å². The molecule has 0 N–H and O–H groups in total. The van der Waals surface area contributed by atoms with Crippen LogP contribution in [-0.2, 0) is 11.8 Å². The number of benzene rings is 1. The van der Waals surface area contributed by atoms with E-state index in [0.29, 0.717) is 5.75 Å². The van der Waals surface area contributed by atoms with Crippen molar-refractivity contribution < 1.29 is 11.0 Å². The molecule has 1 heterocycles. The highest BCUT2D eigenvalue weighted by molar-refractivity contribution is 5.82. The molecule has 90 valence electrons. The number of ether oxygens (including phenoxy) is 1. The topological polar surface area (TPSA) is 44.1 Å². The van der Waals surface area contributed by atoms with E-state index < -0.39 is 0 Å². The van der Waals surface area contributed by atoms with Crippen LogP contribution < -0.4 is 4.74 Å². The summed E-state index contributed by atoms with van der Waals surface area (Å²) in [5.41, 5.74) is 1.65. The number of aldehydes is 1. The molecule has 17 heavy (non-hydrogen) atoms. The average Bonchev–Trinajstić information content (AvgIpc) is 2.67. The van der Waals surface area contributed by atoms with Crippen LogP contribution in [0, 0.1) is 12.3 Å². The maximum Gasteiger partial charge on any atom is 0.136 e. The van der Waals surface area contributed by atoms with Crippen molar-refractivity contribution in [2.75, 3.05) is 7.11 Å². The number of terminal acetylenes is 1. The lowest BCUT2D eigenvalue weighted by molar-refractivity contribution is -0.106. The van der Waals surface area contributed by atoms with Crippen LogP contribution >= 0.6 is 0 Å². The van der Waals surface area contributed by atoms with Gasteiger partial charge in [-0.25, -0.2) is 0 Å². The fourth-order valence-corrected chi connectivity index (χ4v) is 1.46. The SMILES string of the molecule is C#Cc1cc2cn(C)nc2cc1OC.CC=O.[HH]. The van der Waals surface area contributed by atoms with Crippen LogP contribution in [0.3, 0.4) is 0 Å². The van der Waals surface area contributed by atoms with Crippen LogP contribution in [0.25, 0.3) is 10.9 Å². The minimum absolute atomic E-state index is 0. The number of carbonyl (C=O) groups excluding carboxylic acids is 1. The zero-order valence-electron chi connectivity index (χ0n) is 10.1. The second-order valence-corrected chi connectivity index (χ2v) is 3.29. The van der Waals surface area contributed by atoms with Crippen molar-refractivity contribution in [2.24, 2.45) is 7.05 Å². The van der Waals surface area contributed by atoms with E-state index in [4.69, 9.17) is 16.0 Å². The Hall–Kier alpha value is -2.28. The highest BCUT2D eigenvalue weighted by atomic mass is 16.5. The largest absolute Gasteiger partial charge is 0.495 e. The van der Waals surface area contributed by atoms with E-state index in [-0.39, 0.29) is 1.43 Å². The summed E-state index contributed by atoms with van der Waals surface area (Å²) in [5, 5.41) is 5.29. The van der Waals surface area contributed by atoms with E-state index >= 15 is 0 Å². The van der Waals surface area contributed by atoms with E-state index in [1.165, 1.54) is 6.92 Å². The Morgan fingerprint density at radius 1 is 1.59 bits per heavy atom. The standard InChI is InChI=1S/C11H10N2O.C2H4O.H2/c1-4-8-5-9-7-13(2)12-10(9)6-11(8)14-3;1-2-3;/h1,5-7H,2-3H3;2H,1H3;1H. The second-order valence-electron chi connectivity index (χ2n) is 3.29. The maximum absolute atomic E-state index is 8.81. The third-order valence-corrected chi connectivity index (χ3v) is 2.10. The van der Waals surface area contributed by atoms with E-state index in [9.17, 15) is 0 Å². The number of hydrogen-bond acceptors (Lipinski definition) is 3. The average molecular weight is 232 g/mol. The first-order chi connectivity index (χ1) is 8.15. The summed E-state index contributed by atoms with van der Waals surface area (Å²) >= 11 is 0. The minimum Gasteiger partial charge on any atom is -0.495 e. The van der Waals surface area contributed by atoms with Gasteiger partial charge in [-0.1, -0.05) is 5.92 Å². The zero-order chi connectivity index (χ0) is 12.8. The Morgan fingerprint density at radius 3 is 2.76 bits per heavy atom. The first kappa shape index (κ1) is 12.8. The monoisotopic (exact) mass is 232 g/mol. The fraction of sp³-hybridized carbons (Fsp3) is 0.231. The highest BCUT2D eigenvalue weighted by Gasteiger charge is 2.05. The molecule has 1 aromatic heterocycles. The number of rotatable bonds is 1. The van der Waals surface area contributed by atoms with Crippen LogP contribution in [-0.4, -0.2) is 23.2 Å². The molecule has 2 rings (SSSR count). The van der Waals surface area contributed by atoms with E-state index in [2.05, 4.69) is 11.0 Å². The lowest BCUT2D eigenvalue weighted by Crippen LogP contribution is -1.88. The number of methoxy groups -OCH3 is 1. The first-order valence-corrected chi connectivity index (χ1v) is 5.04. The molecule has 0 radical (unpaired) electrons. The van der Waals surface area contributed by atoms with Gasteiger partial charge in [-0.2, -0.15) is 5.10 Å². The van der Waals surface area contributed by atoms with Crippen molar-refractivity contribution >= 4 is 17.2 Å². The number of aromatic nitrogens is 2. The van der Waals surface area contributed by atoms with Gasteiger partial charge in [0.15, 0.2) is 0 Å². The van der Waals surface area contributed by atoms with Crippen molar-refractivity contribution in [3.63, 3.8) is 0 Å². The van der Waals surface area contributed by atoms with Gasteiger partial charge in [0.1, 0.15) is 12.0 Å². The third-order valence-electron chi connectivity index (χ3n) is 2.10. The molecular formula is C13H16N2O2. The molecule has 0 saturated heterocycles. The number of hydrogen-bond donors (Lipinski definition) is 0. The molecule has 0 unspecified atom stereocenters. The molecule has 0 spiro atoms. The molecule has 0 amide bonds. The van der Waals surface area contributed by atoms with Gasteiger partial charge in [-0.05, 0) is 13.0 Å². The molecule has 4 heteroatoms. The Bertz CT molecular complexity index is 570. The second kappa shape index (κ2) is 5.71. The summed E-state index contributed by atoms with van der Waals surface area (Å²) in [6.07, 6.45) is 8.04. The predicted octanol–water partition coefficient (Wildman–Crippen LogP) is 2.01. The molecule has 0 aliphatic rings. The van der Waals surface area contributed by atoms with Gasteiger partial charge in [0.2, 0.25) is 0 Å². The molecule has 4 nitrogen and oxygen atoms in total. The summed E-state index contributed by atoms with van der Waals surface area (Å²) < 4.78 is 6.92. The Balaban J connectivity index is 0.000000660. The van der Waals surface area contributed by atoms with E-state index in [1.54, 1.807) is 11.8 Å². The van der Waals surface area contributed by atoms with Crippen molar-refractivity contribution in [2.45, 2.75) is 6.92 Å². The molecular weight excluding hydrogens is 216 g/mol. The molecule has 0 saturated carbocycles. The van der Waals surface area contributed by atoms with Gasteiger partial charge >= 0.3 is 0 Å². The highest BCUT2D eigenvalue weighted by Crippen LogP contribution is 2.23. The van der Waals surface area contributed by atoms with Crippen molar-refractivity contribution in [3.05, 3.63) is 23.9 Å². The summed E-state index contributed by atoms with van der Waals surface area (Å²) in [6.45, 7) is 1.44. The zero-order valence-corrected chi connectivity index (χ0v) is 10.1. The van der Waals surface area contributed by atoms with Crippen LogP contribution in [0.1, 0.15) is 13.9 Å². The van der Waals surface area contributed by atoms with Crippen LogP contribution in [0.15, 0.2) is 18.3 Å². The Morgan fingerprint density at radius 2 is 2.24 bits per heavy atom. The van der Waals surface area contributed by atoms with Gasteiger partial charge in [0.05, 0.1) is 18.2 Å². The van der Waals surface area contributed by atoms with Crippen molar-refractivity contribution in [3.8, 4) is 18.1 Å². The quantitative estimate of drug-likeness (QED) is 0.558. The summed E-state index contributed by atoms with van der Waals surface area (Å²) in [4.78, 5) is 8.81. The lowest BCUT2D eigenvalue weighted by Gasteiger charge is -2.01. The fourth-order valence-electron chi connectivity index (χ4n) is 1.46. The summed E-state index contributed by atoms with van der Waals surface area (Å²) in [6, 6.07) is 3.76. The van der Waals surface area contributed by atoms with Gasteiger partial charge < -0.3 is 9.53 Å². The van der Waals surface area contributed by atoms with Gasteiger partial charge in [0.25, 0.3) is 0 Å². The predicted molar refractivity (Wildman–Crippen MR) is 69.1 cm³/mol. The van der Waals surface area contributed by atoms with Crippen molar-refractivity contribution in [1.29, 1.82) is 0 Å². The molecule has 0 aliphatic heterocycles. The third kappa shape index (κ3) is 2.85. The molecule has 0 fully saturated rings. The summed E-state index contributed by atoms with van der Waals surface area (Å²) in [7, 11) is 3.48. The lowest BCUT2D eigenvalue weighted by atomic mass is 10.1. The maximum atomic E-state index is 8.81. The van der Waals surface area contributed by atoms with Gasteiger partial charge in [-0.15, -0.1) is 6.42 Å².